The molecule has 1 saturated heterocycles. The first-order valence-electron chi connectivity index (χ1n) is 3.20. The molecule has 58 valence electrons. The van der Waals surface area contributed by atoms with E-state index in [0.29, 0.717) is 5.92 Å². The molecular formula is C6H11NOS2. The predicted octanol–water partition coefficient (Wildman–Crippen LogP) is 1.22. The Labute approximate surface area is 70.7 Å². The lowest BCUT2D eigenvalue weighted by molar-refractivity contribution is 0.0546. The van der Waals surface area contributed by atoms with E-state index < -0.39 is 0 Å². The second-order valence-corrected chi connectivity index (χ2v) is 4.07. The first kappa shape index (κ1) is 8.30. The third-order valence-corrected chi connectivity index (χ3v) is 3.05. The minimum absolute atomic E-state index is 0.119. The highest BCUT2D eigenvalue weighted by atomic mass is 32.2. The van der Waals surface area contributed by atoms with Gasteiger partial charge in [0, 0.05) is 18.8 Å². The summed E-state index contributed by atoms with van der Waals surface area (Å²) in [5.41, 5.74) is 0. The number of nitrogens with one attached hydrogen (secondary N) is 1. The van der Waals surface area contributed by atoms with E-state index in [-0.39, 0.29) is 6.23 Å². The van der Waals surface area contributed by atoms with Gasteiger partial charge in [-0.25, -0.2) is 0 Å². The Balaban J connectivity index is 2.45. The maximum absolute atomic E-state index is 5.16. The van der Waals surface area contributed by atoms with E-state index in [1.807, 2.05) is 0 Å². The Morgan fingerprint density at radius 3 is 3.00 bits per heavy atom. The van der Waals surface area contributed by atoms with Gasteiger partial charge in [-0.1, -0.05) is 30.9 Å². The number of rotatable bonds is 1. The Morgan fingerprint density at radius 2 is 2.50 bits per heavy atom. The molecule has 0 spiro atoms. The Morgan fingerprint density at radius 1 is 1.80 bits per heavy atom. The van der Waals surface area contributed by atoms with E-state index in [9.17, 15) is 0 Å². The van der Waals surface area contributed by atoms with E-state index in [0.717, 1.165) is 10.1 Å². The fourth-order valence-corrected chi connectivity index (χ4v) is 1.99. The van der Waals surface area contributed by atoms with Crippen LogP contribution in [0.4, 0.5) is 0 Å². The van der Waals surface area contributed by atoms with Crippen molar-refractivity contribution >= 4 is 28.3 Å². The van der Waals surface area contributed by atoms with Gasteiger partial charge in [0.05, 0.1) is 0 Å². The van der Waals surface area contributed by atoms with Gasteiger partial charge in [-0.15, -0.1) is 0 Å². The molecule has 1 rings (SSSR count). The molecule has 1 N–H and O–H groups in total. The van der Waals surface area contributed by atoms with Crippen molar-refractivity contribution in [2.45, 2.75) is 13.2 Å². The van der Waals surface area contributed by atoms with Crippen LogP contribution in [-0.2, 0) is 4.74 Å². The number of hydrogen-bond acceptors (Lipinski definition) is 3. The van der Waals surface area contributed by atoms with E-state index in [4.69, 9.17) is 17.0 Å². The average Bonchev–Trinajstić information content (AvgIpc) is 1.94. The number of thiocarbonyl (C=S) groups is 1. The topological polar surface area (TPSA) is 21.3 Å². The highest BCUT2D eigenvalue weighted by molar-refractivity contribution is 8.23. The summed E-state index contributed by atoms with van der Waals surface area (Å²) < 4.78 is 6.01. The zero-order valence-electron chi connectivity index (χ0n) is 6.09. The van der Waals surface area contributed by atoms with E-state index in [1.165, 1.54) is 0 Å². The molecule has 0 radical (unpaired) electrons. The molecular weight excluding hydrogens is 166 g/mol. The maximum Gasteiger partial charge on any atom is 0.135 e. The molecule has 0 amide bonds. The summed E-state index contributed by atoms with van der Waals surface area (Å²) in [5.74, 6) is 1.60. The Hall–Kier alpha value is 0.200. The van der Waals surface area contributed by atoms with Gasteiger partial charge in [0.15, 0.2) is 0 Å². The summed E-state index contributed by atoms with van der Waals surface area (Å²) in [5, 5.41) is 3.09. The van der Waals surface area contributed by atoms with Crippen molar-refractivity contribution in [1.82, 2.24) is 5.32 Å². The molecule has 4 heteroatoms. The second-order valence-electron chi connectivity index (χ2n) is 2.38. The lowest BCUT2D eigenvalue weighted by Gasteiger charge is -2.29. The van der Waals surface area contributed by atoms with Crippen LogP contribution < -0.4 is 5.32 Å². The van der Waals surface area contributed by atoms with Crippen LogP contribution in [0.25, 0.3) is 0 Å². The average molecular weight is 177 g/mol. The molecule has 10 heavy (non-hydrogen) atoms. The van der Waals surface area contributed by atoms with Crippen molar-refractivity contribution in [3.8, 4) is 0 Å². The fourth-order valence-electron chi connectivity index (χ4n) is 0.886. The van der Waals surface area contributed by atoms with Crippen LogP contribution in [0.2, 0.25) is 0 Å². The van der Waals surface area contributed by atoms with Gasteiger partial charge in [0.2, 0.25) is 0 Å². The normalized spacial score (nSPS) is 33.6. The van der Waals surface area contributed by atoms with Gasteiger partial charge in [0.25, 0.3) is 0 Å². The summed E-state index contributed by atoms with van der Waals surface area (Å²) in [7, 11) is 1.70. The predicted molar refractivity (Wildman–Crippen MR) is 48.2 cm³/mol. The van der Waals surface area contributed by atoms with Crippen LogP contribution in [0, 0.1) is 5.92 Å². The van der Waals surface area contributed by atoms with Gasteiger partial charge >= 0.3 is 0 Å². The van der Waals surface area contributed by atoms with Gasteiger partial charge in [0.1, 0.15) is 10.5 Å². The van der Waals surface area contributed by atoms with Crippen molar-refractivity contribution in [2.75, 3.05) is 12.9 Å². The molecule has 2 nitrogen and oxygen atoms in total. The zero-order chi connectivity index (χ0) is 7.56. The lowest BCUT2D eigenvalue weighted by Crippen LogP contribution is -2.43. The molecule has 0 aromatic heterocycles. The van der Waals surface area contributed by atoms with Crippen molar-refractivity contribution in [1.29, 1.82) is 0 Å². The van der Waals surface area contributed by atoms with E-state index >= 15 is 0 Å². The van der Waals surface area contributed by atoms with Gasteiger partial charge in [-0.2, -0.15) is 0 Å². The number of ether oxygens (including phenoxy) is 1. The minimum Gasteiger partial charge on any atom is -0.361 e. The van der Waals surface area contributed by atoms with E-state index in [2.05, 4.69) is 12.2 Å². The fraction of sp³-hybridized carbons (Fsp3) is 0.833. The van der Waals surface area contributed by atoms with Crippen LogP contribution in [0.1, 0.15) is 6.92 Å². The molecule has 0 aliphatic carbocycles. The molecule has 0 bridgehead atoms. The van der Waals surface area contributed by atoms with Gasteiger partial charge in [-0.3, -0.25) is 0 Å². The first-order chi connectivity index (χ1) is 4.74. The molecule has 0 saturated carbocycles. The highest BCUT2D eigenvalue weighted by Gasteiger charge is 2.22. The SMILES string of the molecule is CO[C@@H]1NC(=S)SC[C@@H]1C. The highest BCUT2D eigenvalue weighted by Crippen LogP contribution is 2.19. The number of thioether (sulfide) groups is 1. The molecule has 1 aliphatic heterocycles. The minimum atomic E-state index is 0.119. The largest absolute Gasteiger partial charge is 0.361 e. The summed E-state index contributed by atoms with van der Waals surface area (Å²) in [6.07, 6.45) is 0.119. The van der Waals surface area contributed by atoms with Crippen molar-refractivity contribution in [3.63, 3.8) is 0 Å². The first-order valence-corrected chi connectivity index (χ1v) is 4.59. The molecule has 0 aromatic rings. The standard InChI is InChI=1S/C6H11NOS2/c1-4-3-10-6(9)7-5(4)8-2/h4-5H,3H2,1-2H3,(H,7,9)/t4-,5-/m0/s1. The summed E-state index contributed by atoms with van der Waals surface area (Å²) in [6.45, 7) is 2.15. The molecule has 1 aliphatic rings. The zero-order valence-corrected chi connectivity index (χ0v) is 7.72. The quantitative estimate of drug-likeness (QED) is 0.608. The lowest BCUT2D eigenvalue weighted by atomic mass is 10.2. The van der Waals surface area contributed by atoms with Crippen molar-refractivity contribution in [2.24, 2.45) is 5.92 Å². The van der Waals surface area contributed by atoms with Crippen molar-refractivity contribution < 1.29 is 4.74 Å². The number of methoxy groups -OCH3 is 1. The van der Waals surface area contributed by atoms with Gasteiger partial charge in [-0.05, 0) is 0 Å². The third kappa shape index (κ3) is 1.84. The smallest absolute Gasteiger partial charge is 0.135 e. The van der Waals surface area contributed by atoms with Gasteiger partial charge < -0.3 is 10.1 Å². The monoisotopic (exact) mass is 177 g/mol. The van der Waals surface area contributed by atoms with E-state index in [1.54, 1.807) is 18.9 Å². The molecule has 1 fully saturated rings. The molecule has 0 aromatic carbocycles. The summed E-state index contributed by atoms with van der Waals surface area (Å²) in [4.78, 5) is 0. The number of hydrogen-bond donors (Lipinski definition) is 1. The van der Waals surface area contributed by atoms with Crippen LogP contribution in [-0.4, -0.2) is 23.4 Å². The molecule has 2 atom stereocenters. The van der Waals surface area contributed by atoms with Crippen LogP contribution in [0.5, 0.6) is 0 Å². The maximum atomic E-state index is 5.16. The van der Waals surface area contributed by atoms with Crippen LogP contribution >= 0.6 is 24.0 Å². The third-order valence-electron chi connectivity index (χ3n) is 1.51. The molecule has 1 heterocycles. The second kappa shape index (κ2) is 3.55. The van der Waals surface area contributed by atoms with Crippen molar-refractivity contribution in [3.05, 3.63) is 0 Å². The molecule has 0 unspecified atom stereocenters. The van der Waals surface area contributed by atoms with Crippen LogP contribution in [0.15, 0.2) is 0 Å². The Bertz CT molecular complexity index is 140. The van der Waals surface area contributed by atoms with Crippen LogP contribution in [0.3, 0.4) is 0 Å². The Kier molecular flexibility index (Phi) is 2.95. The summed E-state index contributed by atoms with van der Waals surface area (Å²) in [6, 6.07) is 0. The summed E-state index contributed by atoms with van der Waals surface area (Å²) >= 11 is 6.66.